The van der Waals surface area contributed by atoms with E-state index in [2.05, 4.69) is 4.98 Å². The third kappa shape index (κ3) is 2.98. The second kappa shape index (κ2) is 5.23. The summed E-state index contributed by atoms with van der Waals surface area (Å²) in [4.78, 5) is 6.48. The predicted octanol–water partition coefficient (Wildman–Crippen LogP) is 1.46. The number of piperazine rings is 1. The van der Waals surface area contributed by atoms with Crippen LogP contribution in [-0.4, -0.2) is 50.1 Å². The second-order valence-electron chi connectivity index (χ2n) is 5.16. The number of pyridine rings is 1. The van der Waals surface area contributed by atoms with E-state index in [0.717, 1.165) is 11.2 Å². The van der Waals surface area contributed by atoms with Crippen molar-refractivity contribution in [2.45, 2.75) is 0 Å². The lowest BCUT2D eigenvalue weighted by atomic mass is 10.2. The molecule has 1 saturated heterocycles. The fraction of sp³-hybridized carbons (Fsp3) is 0.357. The molecule has 0 radical (unpaired) electrons. The van der Waals surface area contributed by atoms with Crippen molar-refractivity contribution in [2.75, 3.05) is 37.3 Å². The smallest absolute Gasteiger partial charge is 0.211 e. The Kier molecular flexibility index (Phi) is 3.54. The SMILES string of the molecule is CS(=O)(=O)N1CCN(c2ccc3ccc(F)cc3n2)CC1. The van der Waals surface area contributed by atoms with Gasteiger partial charge in [-0.15, -0.1) is 0 Å². The van der Waals surface area contributed by atoms with Crippen molar-refractivity contribution in [3.63, 3.8) is 0 Å². The third-order valence-electron chi connectivity index (χ3n) is 3.67. The highest BCUT2D eigenvalue weighted by atomic mass is 32.2. The van der Waals surface area contributed by atoms with Crippen molar-refractivity contribution in [3.05, 3.63) is 36.1 Å². The Balaban J connectivity index is 1.82. The first-order valence-electron chi connectivity index (χ1n) is 6.70. The molecule has 0 aliphatic carbocycles. The number of hydrogen-bond acceptors (Lipinski definition) is 4. The lowest BCUT2D eigenvalue weighted by Gasteiger charge is -2.34. The average molecular weight is 309 g/mol. The predicted molar refractivity (Wildman–Crippen MR) is 80.3 cm³/mol. The van der Waals surface area contributed by atoms with Crippen molar-refractivity contribution < 1.29 is 12.8 Å². The molecule has 0 unspecified atom stereocenters. The van der Waals surface area contributed by atoms with Crippen LogP contribution in [0.1, 0.15) is 0 Å². The molecule has 1 aromatic heterocycles. The van der Waals surface area contributed by atoms with E-state index in [-0.39, 0.29) is 5.82 Å². The minimum Gasteiger partial charge on any atom is -0.354 e. The summed E-state index contributed by atoms with van der Waals surface area (Å²) >= 11 is 0. The minimum absolute atomic E-state index is 0.311. The fourth-order valence-electron chi connectivity index (χ4n) is 2.50. The maximum Gasteiger partial charge on any atom is 0.211 e. The molecule has 0 bridgehead atoms. The molecule has 1 aliphatic heterocycles. The minimum atomic E-state index is -3.14. The molecule has 1 aliphatic rings. The van der Waals surface area contributed by atoms with E-state index in [9.17, 15) is 12.8 Å². The third-order valence-corrected chi connectivity index (χ3v) is 4.97. The molecule has 0 spiro atoms. The van der Waals surface area contributed by atoms with Crippen LogP contribution >= 0.6 is 0 Å². The Morgan fingerprint density at radius 3 is 2.43 bits per heavy atom. The molecule has 21 heavy (non-hydrogen) atoms. The summed E-state index contributed by atoms with van der Waals surface area (Å²) in [5.74, 6) is 0.440. The van der Waals surface area contributed by atoms with Gasteiger partial charge in [-0.3, -0.25) is 0 Å². The molecule has 2 heterocycles. The van der Waals surface area contributed by atoms with E-state index >= 15 is 0 Å². The van der Waals surface area contributed by atoms with Crippen LogP contribution in [0.4, 0.5) is 10.2 Å². The molecule has 1 aromatic carbocycles. The van der Waals surface area contributed by atoms with E-state index < -0.39 is 10.0 Å². The molecular weight excluding hydrogens is 293 g/mol. The average Bonchev–Trinajstić information content (AvgIpc) is 2.45. The standard InChI is InChI=1S/C14H16FN3O2S/c1-21(19,20)18-8-6-17(7-9-18)14-5-3-11-2-4-12(15)10-13(11)16-14/h2-5,10H,6-9H2,1H3. The second-order valence-corrected chi connectivity index (χ2v) is 7.14. The first kappa shape index (κ1) is 14.2. The zero-order valence-corrected chi connectivity index (χ0v) is 12.5. The highest BCUT2D eigenvalue weighted by Gasteiger charge is 2.24. The summed E-state index contributed by atoms with van der Waals surface area (Å²) in [6.45, 7) is 2.06. The van der Waals surface area contributed by atoms with Gasteiger partial charge in [0.1, 0.15) is 11.6 Å². The Labute approximate surface area is 123 Å². The van der Waals surface area contributed by atoms with Crippen LogP contribution in [0.5, 0.6) is 0 Å². The molecule has 5 nitrogen and oxygen atoms in total. The van der Waals surface area contributed by atoms with Gasteiger partial charge in [0.25, 0.3) is 0 Å². The Bertz CT molecular complexity index is 771. The number of sulfonamides is 1. The van der Waals surface area contributed by atoms with Gasteiger partial charge in [0.05, 0.1) is 11.8 Å². The highest BCUT2D eigenvalue weighted by Crippen LogP contribution is 2.20. The van der Waals surface area contributed by atoms with Crippen LogP contribution in [0, 0.1) is 5.82 Å². The number of anilines is 1. The number of nitrogens with zero attached hydrogens (tertiary/aromatic N) is 3. The van der Waals surface area contributed by atoms with Crippen molar-refractivity contribution in [2.24, 2.45) is 0 Å². The van der Waals surface area contributed by atoms with Gasteiger partial charge in [0, 0.05) is 37.6 Å². The van der Waals surface area contributed by atoms with Crippen LogP contribution in [0.15, 0.2) is 30.3 Å². The maximum atomic E-state index is 13.3. The van der Waals surface area contributed by atoms with Crippen molar-refractivity contribution >= 4 is 26.7 Å². The topological polar surface area (TPSA) is 53.5 Å². The lowest BCUT2D eigenvalue weighted by Crippen LogP contribution is -2.48. The number of benzene rings is 1. The number of aromatic nitrogens is 1. The van der Waals surface area contributed by atoms with E-state index in [4.69, 9.17) is 0 Å². The highest BCUT2D eigenvalue weighted by molar-refractivity contribution is 7.88. The van der Waals surface area contributed by atoms with E-state index in [1.807, 2.05) is 17.0 Å². The lowest BCUT2D eigenvalue weighted by molar-refractivity contribution is 0.387. The van der Waals surface area contributed by atoms with Gasteiger partial charge < -0.3 is 4.90 Å². The monoisotopic (exact) mass is 309 g/mol. The van der Waals surface area contributed by atoms with E-state index in [1.165, 1.54) is 22.7 Å². The molecule has 0 N–H and O–H groups in total. The first-order chi connectivity index (χ1) is 9.93. The summed E-state index contributed by atoms with van der Waals surface area (Å²) in [7, 11) is -3.14. The number of rotatable bonds is 2. The molecule has 7 heteroatoms. The molecule has 0 saturated carbocycles. The summed E-state index contributed by atoms with van der Waals surface area (Å²) < 4.78 is 37.7. The summed E-state index contributed by atoms with van der Waals surface area (Å²) in [6, 6.07) is 8.31. The van der Waals surface area contributed by atoms with Gasteiger partial charge in [-0.2, -0.15) is 4.31 Å². The van der Waals surface area contributed by atoms with Crippen molar-refractivity contribution in [3.8, 4) is 0 Å². The normalized spacial score (nSPS) is 17.3. The molecule has 0 atom stereocenters. The van der Waals surface area contributed by atoms with Gasteiger partial charge in [0.15, 0.2) is 0 Å². The zero-order valence-electron chi connectivity index (χ0n) is 11.7. The van der Waals surface area contributed by atoms with Crippen LogP contribution in [0.2, 0.25) is 0 Å². The van der Waals surface area contributed by atoms with Crippen LogP contribution < -0.4 is 4.90 Å². The largest absolute Gasteiger partial charge is 0.354 e. The Hall–Kier alpha value is -1.73. The van der Waals surface area contributed by atoms with E-state index in [0.29, 0.717) is 31.7 Å². The quantitative estimate of drug-likeness (QED) is 0.843. The number of fused-ring (bicyclic) bond motifs is 1. The van der Waals surface area contributed by atoms with Gasteiger partial charge >= 0.3 is 0 Å². The Morgan fingerprint density at radius 2 is 1.76 bits per heavy atom. The van der Waals surface area contributed by atoms with Gasteiger partial charge in [-0.1, -0.05) is 0 Å². The van der Waals surface area contributed by atoms with E-state index in [1.54, 1.807) is 6.07 Å². The first-order valence-corrected chi connectivity index (χ1v) is 8.55. The van der Waals surface area contributed by atoms with Crippen LogP contribution in [0.3, 0.4) is 0 Å². The molecule has 1 fully saturated rings. The molecule has 112 valence electrons. The molecular formula is C14H16FN3O2S. The number of halogens is 1. The maximum absolute atomic E-state index is 13.3. The summed E-state index contributed by atoms with van der Waals surface area (Å²) in [5.41, 5.74) is 0.609. The summed E-state index contributed by atoms with van der Waals surface area (Å²) in [5, 5.41) is 0.884. The fourth-order valence-corrected chi connectivity index (χ4v) is 3.33. The van der Waals surface area contributed by atoms with Crippen LogP contribution in [-0.2, 0) is 10.0 Å². The molecule has 0 amide bonds. The number of hydrogen-bond donors (Lipinski definition) is 0. The zero-order chi connectivity index (χ0) is 15.0. The van der Waals surface area contributed by atoms with Gasteiger partial charge in [0.2, 0.25) is 10.0 Å². The van der Waals surface area contributed by atoms with Crippen molar-refractivity contribution in [1.82, 2.24) is 9.29 Å². The molecule has 3 rings (SSSR count). The summed E-state index contributed by atoms with van der Waals surface area (Å²) in [6.07, 6.45) is 1.22. The Morgan fingerprint density at radius 1 is 1.10 bits per heavy atom. The van der Waals surface area contributed by atoms with Gasteiger partial charge in [-0.05, 0) is 24.3 Å². The molecule has 2 aromatic rings. The van der Waals surface area contributed by atoms with Crippen LogP contribution in [0.25, 0.3) is 10.9 Å². The van der Waals surface area contributed by atoms with Crippen molar-refractivity contribution in [1.29, 1.82) is 0 Å². The van der Waals surface area contributed by atoms with Gasteiger partial charge in [-0.25, -0.2) is 17.8 Å².